The van der Waals surface area contributed by atoms with E-state index in [2.05, 4.69) is 80.1 Å². The Morgan fingerprint density at radius 3 is 2.36 bits per heavy atom. The number of hydrogen-bond acceptors (Lipinski definition) is 6. The van der Waals surface area contributed by atoms with Gasteiger partial charge in [0.15, 0.2) is 11.5 Å². The van der Waals surface area contributed by atoms with E-state index in [4.69, 9.17) is 14.2 Å². The summed E-state index contributed by atoms with van der Waals surface area (Å²) >= 11 is 0. The van der Waals surface area contributed by atoms with Crippen LogP contribution < -0.4 is 4.74 Å². The minimum Gasteiger partial charge on any atom is -0.508 e. The highest BCUT2D eigenvalue weighted by Gasteiger charge is 2.37. The molecule has 0 bridgehead atoms. The molecule has 0 fully saturated rings. The normalized spacial score (nSPS) is 21.0. The summed E-state index contributed by atoms with van der Waals surface area (Å²) in [5.74, 6) is 3.65. The van der Waals surface area contributed by atoms with Crippen LogP contribution in [0, 0.1) is 11.8 Å². The third-order valence-corrected chi connectivity index (χ3v) is 8.47. The number of hydrogen-bond donors (Lipinski definition) is 1. The van der Waals surface area contributed by atoms with Crippen LogP contribution in [-0.2, 0) is 28.9 Å². The van der Waals surface area contributed by atoms with Crippen LogP contribution in [-0.4, -0.2) is 68.0 Å². The van der Waals surface area contributed by atoms with Gasteiger partial charge in [0.1, 0.15) is 18.1 Å². The third-order valence-electron chi connectivity index (χ3n) is 8.47. The molecule has 4 rings (SSSR count). The summed E-state index contributed by atoms with van der Waals surface area (Å²) in [7, 11) is 5.56. The van der Waals surface area contributed by atoms with Gasteiger partial charge < -0.3 is 24.2 Å². The topological polar surface area (TPSA) is 54.4 Å². The molecule has 3 atom stereocenters. The lowest BCUT2D eigenvalue weighted by molar-refractivity contribution is 0.132. The van der Waals surface area contributed by atoms with Gasteiger partial charge in [0, 0.05) is 31.1 Å². The van der Waals surface area contributed by atoms with E-state index in [0.29, 0.717) is 30.2 Å². The maximum Gasteiger partial charge on any atom is 0.158 e. The lowest BCUT2D eigenvalue weighted by atomic mass is 9.72. The van der Waals surface area contributed by atoms with Crippen LogP contribution in [0.25, 0.3) is 0 Å². The largest absolute Gasteiger partial charge is 0.508 e. The van der Waals surface area contributed by atoms with Crippen LogP contribution in [0.1, 0.15) is 43.9 Å². The van der Waals surface area contributed by atoms with Crippen molar-refractivity contribution >= 4 is 0 Å². The quantitative estimate of drug-likeness (QED) is 0.372. The zero-order valence-electron chi connectivity index (χ0n) is 24.5. The molecule has 1 N–H and O–H groups in total. The SMILES string of the molecule is CCN(Cc1ccc(OCCN(C)C(C)C)cc1)C1C=C(OC)C(OC)=CC1[C@@H]1CCc2cc(O)ccc2C1. The van der Waals surface area contributed by atoms with Crippen LogP contribution in [0.5, 0.6) is 11.5 Å². The minimum atomic E-state index is 0.190. The molecule has 2 aromatic carbocycles. The fraction of sp³-hybridized carbons (Fsp3) is 0.515. The van der Waals surface area contributed by atoms with Crippen molar-refractivity contribution in [2.75, 3.05) is 41.0 Å². The second kappa shape index (κ2) is 13.4. The fourth-order valence-corrected chi connectivity index (χ4v) is 5.82. The summed E-state index contributed by atoms with van der Waals surface area (Å²) in [6, 6.07) is 15.1. The maximum atomic E-state index is 9.95. The van der Waals surface area contributed by atoms with Gasteiger partial charge in [-0.05, 0) is 106 Å². The van der Waals surface area contributed by atoms with Gasteiger partial charge in [-0.15, -0.1) is 0 Å². The number of rotatable bonds is 12. The summed E-state index contributed by atoms with van der Waals surface area (Å²) in [5.41, 5.74) is 3.88. The Kier molecular flexibility index (Phi) is 9.98. The lowest BCUT2D eigenvalue weighted by Crippen LogP contribution is -2.44. The Bertz CT molecular complexity index is 1140. The smallest absolute Gasteiger partial charge is 0.158 e. The second-order valence-corrected chi connectivity index (χ2v) is 11.1. The molecular formula is C33H46N2O4. The number of methoxy groups -OCH3 is 2. The van der Waals surface area contributed by atoms with Crippen LogP contribution in [0.3, 0.4) is 0 Å². The zero-order chi connectivity index (χ0) is 27.9. The number of aromatic hydroxyl groups is 1. The average molecular weight is 535 g/mol. The monoisotopic (exact) mass is 534 g/mol. The van der Waals surface area contributed by atoms with Gasteiger partial charge in [-0.25, -0.2) is 0 Å². The second-order valence-electron chi connectivity index (χ2n) is 11.1. The van der Waals surface area contributed by atoms with Gasteiger partial charge >= 0.3 is 0 Å². The van der Waals surface area contributed by atoms with Gasteiger partial charge in [0.2, 0.25) is 0 Å². The van der Waals surface area contributed by atoms with E-state index in [9.17, 15) is 5.11 Å². The number of ether oxygens (including phenoxy) is 3. The van der Waals surface area contributed by atoms with Crippen molar-refractivity contribution in [2.45, 2.75) is 58.7 Å². The van der Waals surface area contributed by atoms with Crippen LogP contribution >= 0.6 is 0 Å². The fourth-order valence-electron chi connectivity index (χ4n) is 5.82. The molecule has 6 nitrogen and oxygen atoms in total. The molecule has 6 heteroatoms. The van der Waals surface area contributed by atoms with E-state index < -0.39 is 0 Å². The van der Waals surface area contributed by atoms with Crippen molar-refractivity contribution in [1.82, 2.24) is 9.80 Å². The highest BCUT2D eigenvalue weighted by Crippen LogP contribution is 2.39. The minimum absolute atomic E-state index is 0.190. The molecule has 0 aromatic heterocycles. The van der Waals surface area contributed by atoms with Crippen molar-refractivity contribution in [1.29, 1.82) is 0 Å². The molecule has 0 amide bonds. The summed E-state index contributed by atoms with van der Waals surface area (Å²) in [6.07, 6.45) is 7.59. The van der Waals surface area contributed by atoms with Crippen LogP contribution in [0.2, 0.25) is 0 Å². The van der Waals surface area contributed by atoms with Gasteiger partial charge in [-0.2, -0.15) is 0 Å². The van der Waals surface area contributed by atoms with E-state index in [1.54, 1.807) is 14.2 Å². The molecule has 0 saturated heterocycles. The molecule has 0 saturated carbocycles. The molecule has 2 aromatic rings. The predicted octanol–water partition coefficient (Wildman–Crippen LogP) is 5.80. The Morgan fingerprint density at radius 1 is 0.974 bits per heavy atom. The Morgan fingerprint density at radius 2 is 1.69 bits per heavy atom. The molecular weight excluding hydrogens is 488 g/mol. The highest BCUT2D eigenvalue weighted by atomic mass is 16.5. The molecule has 2 unspecified atom stereocenters. The van der Waals surface area contributed by atoms with Crippen LogP contribution in [0.4, 0.5) is 0 Å². The third kappa shape index (κ3) is 7.17. The molecule has 0 heterocycles. The van der Waals surface area contributed by atoms with Crippen LogP contribution in [0.15, 0.2) is 66.1 Å². The molecule has 0 spiro atoms. The van der Waals surface area contributed by atoms with Gasteiger partial charge in [-0.3, -0.25) is 4.90 Å². The van der Waals surface area contributed by atoms with E-state index in [0.717, 1.165) is 56.2 Å². The van der Waals surface area contributed by atoms with E-state index >= 15 is 0 Å². The standard InChI is InChI=1S/C33H46N2O4/c1-7-35(22-24-8-14-29(15-9-24)39-17-16-34(4)23(2)3)31-21-33(38-6)32(37-5)20-30(31)27-11-10-26-19-28(36)13-12-25(26)18-27/h8-9,12-15,19-21,23,27,30-31,36H,7,10-11,16-18,22H2,1-6H3/t27-,30?,31?/m1/s1. The Labute approximate surface area is 234 Å². The number of nitrogens with zero attached hydrogens (tertiary/aromatic N) is 2. The number of phenols is 1. The molecule has 0 radical (unpaired) electrons. The predicted molar refractivity (Wildman–Crippen MR) is 157 cm³/mol. The number of phenolic OH excluding ortho intramolecular Hbond substituents is 1. The first-order valence-corrected chi connectivity index (χ1v) is 14.3. The molecule has 2 aliphatic rings. The summed E-state index contributed by atoms with van der Waals surface area (Å²) < 4.78 is 17.5. The van der Waals surface area contributed by atoms with Gasteiger partial charge in [0.25, 0.3) is 0 Å². The number of benzene rings is 2. The lowest BCUT2D eigenvalue weighted by Gasteiger charge is -2.41. The van der Waals surface area contributed by atoms with Crippen molar-refractivity contribution in [3.05, 3.63) is 82.8 Å². The average Bonchev–Trinajstić information content (AvgIpc) is 2.95. The molecule has 0 aliphatic heterocycles. The van der Waals surface area contributed by atoms with Gasteiger partial charge in [0.05, 0.1) is 14.2 Å². The van der Waals surface area contributed by atoms with Gasteiger partial charge in [-0.1, -0.05) is 25.1 Å². The first-order valence-electron chi connectivity index (χ1n) is 14.3. The van der Waals surface area contributed by atoms with E-state index in [1.807, 2.05) is 12.1 Å². The highest BCUT2D eigenvalue weighted by molar-refractivity contribution is 5.38. The molecule has 39 heavy (non-hydrogen) atoms. The number of aryl methyl sites for hydroxylation is 1. The zero-order valence-corrected chi connectivity index (χ0v) is 24.5. The first-order chi connectivity index (χ1) is 18.8. The Balaban J connectivity index is 1.49. The molecule has 212 valence electrons. The number of likely N-dealkylation sites (N-methyl/N-ethyl adjacent to an activating group) is 2. The molecule has 2 aliphatic carbocycles. The van der Waals surface area contributed by atoms with Crippen molar-refractivity contribution in [3.63, 3.8) is 0 Å². The summed E-state index contributed by atoms with van der Waals surface area (Å²) in [5, 5.41) is 9.95. The van der Waals surface area contributed by atoms with E-state index in [-0.39, 0.29) is 6.04 Å². The first kappa shape index (κ1) is 29.0. The number of fused-ring (bicyclic) bond motifs is 1. The van der Waals surface area contributed by atoms with Crippen molar-refractivity contribution in [2.24, 2.45) is 11.8 Å². The van der Waals surface area contributed by atoms with Crippen molar-refractivity contribution < 1.29 is 19.3 Å². The van der Waals surface area contributed by atoms with E-state index in [1.165, 1.54) is 16.7 Å². The maximum absolute atomic E-state index is 9.95. The summed E-state index contributed by atoms with van der Waals surface area (Å²) in [4.78, 5) is 4.82. The summed E-state index contributed by atoms with van der Waals surface area (Å²) in [6.45, 7) is 9.97. The van der Waals surface area contributed by atoms with Crippen molar-refractivity contribution in [3.8, 4) is 11.5 Å². The Hall–Kier alpha value is -2.96.